The summed E-state index contributed by atoms with van der Waals surface area (Å²) in [5, 5.41) is 22.9. The van der Waals surface area contributed by atoms with Gasteiger partial charge in [0.25, 0.3) is 0 Å². The van der Waals surface area contributed by atoms with Gasteiger partial charge in [0.15, 0.2) is 0 Å². The average Bonchev–Trinajstić information content (AvgIpc) is 3.61. The Morgan fingerprint density at radius 2 is 1.19 bits per heavy atom. The number of hydrogen-bond donors (Lipinski definition) is 2. The summed E-state index contributed by atoms with van der Waals surface area (Å²) >= 11 is 0. The number of benzene rings is 1. The van der Waals surface area contributed by atoms with Gasteiger partial charge in [0.05, 0.1) is 24.5 Å². The number of allylic oxidation sites excluding steroid dienone is 8. The summed E-state index contributed by atoms with van der Waals surface area (Å²) < 4.78 is 0. The van der Waals surface area contributed by atoms with E-state index in [1.807, 2.05) is 18.5 Å². The minimum Gasteiger partial charge on any atom is -0.354 e. The van der Waals surface area contributed by atoms with Crippen LogP contribution in [-0.2, 0) is 0 Å². The van der Waals surface area contributed by atoms with E-state index in [-0.39, 0.29) is 12.1 Å². The van der Waals surface area contributed by atoms with Crippen molar-refractivity contribution in [2.45, 2.75) is 24.9 Å². The summed E-state index contributed by atoms with van der Waals surface area (Å²) in [6.45, 7) is 0. The fraction of sp³-hybridized carbons (Fsp3) is 0.250. The van der Waals surface area contributed by atoms with Gasteiger partial charge in [0.1, 0.15) is 11.4 Å². The first-order valence-electron chi connectivity index (χ1n) is 10.6. The highest BCUT2D eigenvalue weighted by Crippen LogP contribution is 2.41. The van der Waals surface area contributed by atoms with Crippen LogP contribution in [0.1, 0.15) is 36.3 Å². The average molecular weight is 412 g/mol. The van der Waals surface area contributed by atoms with Gasteiger partial charge in [0, 0.05) is 5.69 Å². The van der Waals surface area contributed by atoms with Crippen molar-refractivity contribution in [3.8, 4) is 0 Å². The molecular formula is C24H25N7. The van der Waals surface area contributed by atoms with Crippen LogP contribution in [0.4, 0.5) is 5.69 Å². The molecule has 2 aromatic heterocycles. The predicted molar refractivity (Wildman–Crippen MR) is 120 cm³/mol. The van der Waals surface area contributed by atoms with E-state index in [2.05, 4.69) is 109 Å². The normalized spacial score (nSPS) is 17.5. The van der Waals surface area contributed by atoms with Crippen LogP contribution in [0.25, 0.3) is 0 Å². The zero-order valence-electron chi connectivity index (χ0n) is 17.1. The molecule has 7 heteroatoms. The van der Waals surface area contributed by atoms with E-state index in [1.54, 1.807) is 0 Å². The first-order valence-corrected chi connectivity index (χ1v) is 10.6. The Labute approximate surface area is 181 Å². The third-order valence-corrected chi connectivity index (χ3v) is 5.92. The molecular weight excluding hydrogens is 386 g/mol. The van der Waals surface area contributed by atoms with E-state index in [9.17, 15) is 0 Å². The highest BCUT2D eigenvalue weighted by atomic mass is 15.4. The summed E-state index contributed by atoms with van der Waals surface area (Å²) in [4.78, 5) is 2.44. The fourth-order valence-electron chi connectivity index (χ4n) is 4.46. The van der Waals surface area contributed by atoms with Crippen LogP contribution in [0.15, 0.2) is 91.3 Å². The Bertz CT molecular complexity index is 972. The topological polar surface area (TPSA) is 86.4 Å². The first-order chi connectivity index (χ1) is 15.4. The van der Waals surface area contributed by atoms with Crippen molar-refractivity contribution in [2.24, 2.45) is 11.8 Å². The number of nitrogens with zero attached hydrogens (tertiary/aromatic N) is 5. The van der Waals surface area contributed by atoms with Crippen molar-refractivity contribution in [1.29, 1.82) is 0 Å². The fourth-order valence-corrected chi connectivity index (χ4v) is 4.46. The molecule has 5 rings (SSSR count). The standard InChI is InChI=1S/C24H25N7/c1-2-12-20(13-3-1)31(23(21-16-25-29-27-21)14-18-8-4-5-9-18)24(22-17-26-30-28-22)15-19-10-6-7-11-19/h1-13,16-19,23-24H,14-15H2,(H,25,27,29)(H,26,28,30). The molecule has 0 aliphatic heterocycles. The van der Waals surface area contributed by atoms with Gasteiger partial charge in [-0.25, -0.2) is 0 Å². The molecule has 0 fully saturated rings. The molecule has 2 atom stereocenters. The van der Waals surface area contributed by atoms with E-state index in [0.29, 0.717) is 11.8 Å². The molecule has 0 saturated heterocycles. The van der Waals surface area contributed by atoms with Crippen LogP contribution in [0.3, 0.4) is 0 Å². The van der Waals surface area contributed by atoms with E-state index in [1.165, 1.54) is 0 Å². The van der Waals surface area contributed by atoms with Gasteiger partial charge in [-0.2, -0.15) is 30.8 Å². The number of para-hydroxylation sites is 1. The number of aromatic nitrogens is 6. The number of nitrogens with one attached hydrogen (secondary N) is 2. The zero-order valence-corrected chi connectivity index (χ0v) is 17.1. The minimum absolute atomic E-state index is 0.00890. The number of aromatic amines is 2. The van der Waals surface area contributed by atoms with E-state index in [4.69, 9.17) is 0 Å². The predicted octanol–water partition coefficient (Wildman–Crippen LogP) is 4.48. The lowest BCUT2D eigenvalue weighted by atomic mass is 9.92. The monoisotopic (exact) mass is 411 g/mol. The van der Waals surface area contributed by atoms with Gasteiger partial charge in [-0.1, -0.05) is 66.8 Å². The van der Waals surface area contributed by atoms with Crippen molar-refractivity contribution in [2.75, 3.05) is 4.90 Å². The maximum atomic E-state index is 4.50. The van der Waals surface area contributed by atoms with Crippen LogP contribution in [0.5, 0.6) is 0 Å². The summed E-state index contributed by atoms with van der Waals surface area (Å²) in [6, 6.07) is 10.5. The number of rotatable bonds is 9. The van der Waals surface area contributed by atoms with Crippen LogP contribution in [0, 0.1) is 11.8 Å². The summed E-state index contributed by atoms with van der Waals surface area (Å²) in [7, 11) is 0. The lowest BCUT2D eigenvalue weighted by Crippen LogP contribution is -2.35. The molecule has 0 radical (unpaired) electrons. The highest BCUT2D eigenvalue weighted by Gasteiger charge is 2.34. The maximum Gasteiger partial charge on any atom is 0.105 e. The van der Waals surface area contributed by atoms with Crippen molar-refractivity contribution in [3.63, 3.8) is 0 Å². The van der Waals surface area contributed by atoms with Crippen molar-refractivity contribution in [1.82, 2.24) is 30.8 Å². The van der Waals surface area contributed by atoms with Gasteiger partial charge in [-0.3, -0.25) is 0 Å². The van der Waals surface area contributed by atoms with Crippen LogP contribution in [-0.4, -0.2) is 30.8 Å². The number of anilines is 1. The molecule has 156 valence electrons. The second kappa shape index (κ2) is 8.95. The Morgan fingerprint density at radius 3 is 1.61 bits per heavy atom. The van der Waals surface area contributed by atoms with Crippen molar-refractivity contribution < 1.29 is 0 Å². The van der Waals surface area contributed by atoms with E-state index >= 15 is 0 Å². The molecule has 2 aliphatic rings. The van der Waals surface area contributed by atoms with Crippen LogP contribution < -0.4 is 4.90 Å². The van der Waals surface area contributed by atoms with Gasteiger partial charge < -0.3 is 4.90 Å². The molecule has 7 nitrogen and oxygen atoms in total. The third kappa shape index (κ3) is 4.26. The molecule has 0 saturated carbocycles. The van der Waals surface area contributed by atoms with Crippen molar-refractivity contribution in [3.05, 3.63) is 103 Å². The molecule has 2 aliphatic carbocycles. The van der Waals surface area contributed by atoms with E-state index in [0.717, 1.165) is 29.9 Å². The molecule has 2 heterocycles. The lowest BCUT2D eigenvalue weighted by Gasteiger charge is -2.40. The Hall–Kier alpha value is -3.74. The van der Waals surface area contributed by atoms with Gasteiger partial charge in [0.2, 0.25) is 0 Å². The van der Waals surface area contributed by atoms with Crippen molar-refractivity contribution >= 4 is 5.69 Å². The highest BCUT2D eigenvalue weighted by molar-refractivity contribution is 5.50. The molecule has 1 aromatic carbocycles. The smallest absolute Gasteiger partial charge is 0.105 e. The van der Waals surface area contributed by atoms with Gasteiger partial charge >= 0.3 is 0 Å². The molecule has 2 N–H and O–H groups in total. The van der Waals surface area contributed by atoms with Crippen LogP contribution in [0.2, 0.25) is 0 Å². The van der Waals surface area contributed by atoms with Gasteiger partial charge in [-0.15, -0.1) is 0 Å². The summed E-state index contributed by atoms with van der Waals surface area (Å²) in [5.74, 6) is 0.689. The number of H-pyrrole nitrogens is 2. The Kier molecular flexibility index (Phi) is 5.56. The first kappa shape index (κ1) is 19.2. The molecule has 0 spiro atoms. The SMILES string of the molecule is C1=CC(CC(c2cn[nH]n2)N(c2ccccc2)C(CC2C=CC=C2)c2cn[nH]n2)C=C1. The van der Waals surface area contributed by atoms with Crippen LogP contribution >= 0.6 is 0 Å². The maximum absolute atomic E-state index is 4.50. The molecule has 2 unspecified atom stereocenters. The third-order valence-electron chi connectivity index (χ3n) is 5.92. The molecule has 0 amide bonds. The summed E-state index contributed by atoms with van der Waals surface area (Å²) in [5.41, 5.74) is 2.97. The Morgan fingerprint density at radius 1 is 0.710 bits per heavy atom. The van der Waals surface area contributed by atoms with Gasteiger partial charge in [-0.05, 0) is 36.8 Å². The molecule has 31 heavy (non-hydrogen) atoms. The molecule has 0 bridgehead atoms. The minimum atomic E-state index is 0.00890. The second-order valence-electron chi connectivity index (χ2n) is 7.90. The zero-order chi connectivity index (χ0) is 20.9. The van der Waals surface area contributed by atoms with E-state index < -0.39 is 0 Å². The Balaban J connectivity index is 1.59. The molecule has 3 aromatic rings. The number of hydrogen-bond acceptors (Lipinski definition) is 5. The second-order valence-corrected chi connectivity index (χ2v) is 7.90. The summed E-state index contributed by atoms with van der Waals surface area (Å²) in [6.07, 6.45) is 22.8. The largest absolute Gasteiger partial charge is 0.354 e. The lowest BCUT2D eigenvalue weighted by molar-refractivity contribution is 0.434. The quantitative estimate of drug-likeness (QED) is 0.542.